The second kappa shape index (κ2) is 7.56. The van der Waals surface area contributed by atoms with E-state index in [1.807, 2.05) is 32.0 Å². The predicted molar refractivity (Wildman–Crippen MR) is 94.0 cm³/mol. The van der Waals surface area contributed by atoms with E-state index < -0.39 is 18.5 Å². The molecule has 1 heterocycles. The summed E-state index contributed by atoms with van der Waals surface area (Å²) in [6.45, 7) is 3.44. The molecule has 0 bridgehead atoms. The first-order chi connectivity index (χ1) is 12.5. The minimum atomic E-state index is -0.632. The van der Waals surface area contributed by atoms with Crippen LogP contribution in [0.2, 0.25) is 0 Å². The zero-order chi connectivity index (χ0) is 18.5. The van der Waals surface area contributed by atoms with Crippen LogP contribution in [0.25, 0.3) is 5.69 Å². The van der Waals surface area contributed by atoms with Gasteiger partial charge in [-0.1, -0.05) is 24.3 Å². The molecule has 8 nitrogen and oxygen atoms in total. The number of aromatic nitrogens is 4. The number of nitrogens with one attached hydrogen (secondary N) is 1. The number of carbonyl (C=O) groups is 2. The monoisotopic (exact) mass is 351 g/mol. The molecule has 0 saturated carbocycles. The molecule has 0 aliphatic heterocycles. The van der Waals surface area contributed by atoms with E-state index in [1.54, 1.807) is 24.3 Å². The molecule has 1 amide bonds. The number of tetrazole rings is 1. The van der Waals surface area contributed by atoms with Gasteiger partial charge in [-0.25, -0.2) is 4.79 Å². The van der Waals surface area contributed by atoms with Crippen molar-refractivity contribution in [3.63, 3.8) is 0 Å². The Balaban J connectivity index is 1.66. The van der Waals surface area contributed by atoms with Crippen LogP contribution in [0, 0.1) is 13.8 Å². The Labute approximate surface area is 149 Å². The molecule has 26 heavy (non-hydrogen) atoms. The van der Waals surface area contributed by atoms with Gasteiger partial charge in [0.2, 0.25) is 0 Å². The van der Waals surface area contributed by atoms with E-state index in [9.17, 15) is 9.59 Å². The summed E-state index contributed by atoms with van der Waals surface area (Å²) in [7, 11) is 0. The zero-order valence-corrected chi connectivity index (χ0v) is 14.3. The van der Waals surface area contributed by atoms with Crippen molar-refractivity contribution in [2.24, 2.45) is 0 Å². The Bertz CT molecular complexity index is 938. The SMILES string of the molecule is Cc1ccc(C)c(NC(=O)COC(=O)c2ccccc2-n2cnnn2)c1. The lowest BCUT2D eigenvalue weighted by Crippen LogP contribution is -2.22. The average molecular weight is 351 g/mol. The van der Waals surface area contributed by atoms with E-state index in [0.29, 0.717) is 11.4 Å². The highest BCUT2D eigenvalue weighted by Gasteiger charge is 2.16. The van der Waals surface area contributed by atoms with E-state index in [2.05, 4.69) is 20.8 Å². The molecule has 1 N–H and O–H groups in total. The highest BCUT2D eigenvalue weighted by atomic mass is 16.5. The minimum absolute atomic E-state index is 0.263. The molecule has 0 atom stereocenters. The number of benzene rings is 2. The van der Waals surface area contributed by atoms with Crippen LogP contribution in [0.3, 0.4) is 0 Å². The van der Waals surface area contributed by atoms with Gasteiger partial charge in [0.05, 0.1) is 11.3 Å². The summed E-state index contributed by atoms with van der Waals surface area (Å²) in [6.07, 6.45) is 1.37. The minimum Gasteiger partial charge on any atom is -0.452 e. The Hall–Kier alpha value is -3.55. The van der Waals surface area contributed by atoms with Gasteiger partial charge in [-0.05, 0) is 53.6 Å². The predicted octanol–water partition coefficient (Wildman–Crippen LogP) is 2.07. The van der Waals surface area contributed by atoms with Crippen molar-refractivity contribution in [2.45, 2.75) is 13.8 Å². The maximum Gasteiger partial charge on any atom is 0.340 e. The van der Waals surface area contributed by atoms with Gasteiger partial charge in [-0.15, -0.1) is 5.10 Å². The number of anilines is 1. The van der Waals surface area contributed by atoms with E-state index >= 15 is 0 Å². The average Bonchev–Trinajstić information content (AvgIpc) is 3.17. The molecule has 0 unspecified atom stereocenters. The van der Waals surface area contributed by atoms with Gasteiger partial charge in [0.15, 0.2) is 6.61 Å². The van der Waals surface area contributed by atoms with Crippen molar-refractivity contribution in [1.29, 1.82) is 0 Å². The Morgan fingerprint density at radius 1 is 1.15 bits per heavy atom. The summed E-state index contributed by atoms with van der Waals surface area (Å²) in [5, 5.41) is 13.6. The summed E-state index contributed by atoms with van der Waals surface area (Å²) >= 11 is 0. The van der Waals surface area contributed by atoms with Crippen LogP contribution in [-0.4, -0.2) is 38.7 Å². The number of aryl methyl sites for hydroxylation is 2. The van der Waals surface area contributed by atoms with E-state index in [4.69, 9.17) is 4.74 Å². The third kappa shape index (κ3) is 3.92. The zero-order valence-electron chi connectivity index (χ0n) is 14.3. The molecule has 2 aromatic carbocycles. The van der Waals surface area contributed by atoms with Crippen LogP contribution >= 0.6 is 0 Å². The number of hydrogen-bond donors (Lipinski definition) is 1. The number of para-hydroxylation sites is 1. The number of hydrogen-bond acceptors (Lipinski definition) is 6. The Morgan fingerprint density at radius 3 is 2.73 bits per heavy atom. The van der Waals surface area contributed by atoms with Gasteiger partial charge in [0.25, 0.3) is 5.91 Å². The van der Waals surface area contributed by atoms with Crippen molar-refractivity contribution in [3.8, 4) is 5.69 Å². The van der Waals surface area contributed by atoms with Gasteiger partial charge in [0.1, 0.15) is 6.33 Å². The number of nitrogens with zero attached hydrogens (tertiary/aromatic N) is 4. The fourth-order valence-corrected chi connectivity index (χ4v) is 2.38. The normalized spacial score (nSPS) is 10.4. The molecule has 132 valence electrons. The van der Waals surface area contributed by atoms with Crippen LogP contribution in [0.4, 0.5) is 5.69 Å². The first-order valence-corrected chi connectivity index (χ1v) is 7.91. The third-order valence-electron chi connectivity index (χ3n) is 3.72. The Kier molecular flexibility index (Phi) is 5.02. The molecule has 0 aliphatic rings. The molecule has 0 spiro atoms. The summed E-state index contributed by atoms with van der Waals surface area (Å²) in [4.78, 5) is 24.5. The molecule has 3 aromatic rings. The molecule has 0 saturated heterocycles. The molecule has 0 fully saturated rings. The standard InChI is InChI=1S/C18H17N5O3/c1-12-7-8-13(2)15(9-12)20-17(24)10-26-18(25)14-5-3-4-6-16(14)23-11-19-21-22-23/h3-9,11H,10H2,1-2H3,(H,20,24). The second-order valence-corrected chi connectivity index (χ2v) is 5.71. The number of amides is 1. The quantitative estimate of drug-likeness (QED) is 0.707. The number of rotatable bonds is 5. The van der Waals surface area contributed by atoms with Crippen molar-refractivity contribution >= 4 is 17.6 Å². The van der Waals surface area contributed by atoms with Crippen molar-refractivity contribution < 1.29 is 14.3 Å². The molecular formula is C18H17N5O3. The maximum absolute atomic E-state index is 12.4. The smallest absolute Gasteiger partial charge is 0.340 e. The van der Waals surface area contributed by atoms with Crippen molar-refractivity contribution in [1.82, 2.24) is 20.2 Å². The number of ether oxygens (including phenoxy) is 1. The Morgan fingerprint density at radius 2 is 1.96 bits per heavy atom. The fourth-order valence-electron chi connectivity index (χ4n) is 2.38. The van der Waals surface area contributed by atoms with Gasteiger partial charge in [0, 0.05) is 5.69 Å². The molecule has 3 rings (SSSR count). The van der Waals surface area contributed by atoms with Crippen molar-refractivity contribution in [3.05, 3.63) is 65.5 Å². The molecule has 1 aromatic heterocycles. The number of esters is 1. The highest BCUT2D eigenvalue weighted by molar-refractivity contribution is 5.97. The second-order valence-electron chi connectivity index (χ2n) is 5.71. The first kappa shape index (κ1) is 17.3. The molecule has 8 heteroatoms. The van der Waals surface area contributed by atoms with Gasteiger partial charge < -0.3 is 10.1 Å². The molecule has 0 aliphatic carbocycles. The molecular weight excluding hydrogens is 334 g/mol. The lowest BCUT2D eigenvalue weighted by atomic mass is 10.1. The van der Waals surface area contributed by atoms with Crippen LogP contribution in [0.5, 0.6) is 0 Å². The van der Waals surface area contributed by atoms with E-state index in [-0.39, 0.29) is 5.56 Å². The summed E-state index contributed by atoms with van der Waals surface area (Å²) in [5.74, 6) is -1.04. The lowest BCUT2D eigenvalue weighted by molar-refractivity contribution is -0.119. The lowest BCUT2D eigenvalue weighted by Gasteiger charge is -2.11. The topological polar surface area (TPSA) is 99.0 Å². The van der Waals surface area contributed by atoms with Crippen LogP contribution in [0.15, 0.2) is 48.8 Å². The first-order valence-electron chi connectivity index (χ1n) is 7.91. The highest BCUT2D eigenvalue weighted by Crippen LogP contribution is 2.17. The maximum atomic E-state index is 12.4. The third-order valence-corrected chi connectivity index (χ3v) is 3.72. The summed E-state index contributed by atoms with van der Waals surface area (Å²) in [6, 6.07) is 12.5. The van der Waals surface area contributed by atoms with Crippen LogP contribution in [0.1, 0.15) is 21.5 Å². The van der Waals surface area contributed by atoms with Crippen molar-refractivity contribution in [2.75, 3.05) is 11.9 Å². The van der Waals surface area contributed by atoms with Crippen LogP contribution < -0.4 is 5.32 Å². The van der Waals surface area contributed by atoms with Gasteiger partial charge >= 0.3 is 5.97 Å². The molecule has 0 radical (unpaired) electrons. The largest absolute Gasteiger partial charge is 0.452 e. The van der Waals surface area contributed by atoms with E-state index in [0.717, 1.165) is 11.1 Å². The fraction of sp³-hybridized carbons (Fsp3) is 0.167. The number of carbonyl (C=O) groups excluding carboxylic acids is 2. The summed E-state index contributed by atoms with van der Waals surface area (Å²) < 4.78 is 6.49. The summed E-state index contributed by atoms with van der Waals surface area (Å²) in [5.41, 5.74) is 3.38. The van der Waals surface area contributed by atoms with Crippen LogP contribution in [-0.2, 0) is 9.53 Å². The van der Waals surface area contributed by atoms with Gasteiger partial charge in [-0.3, -0.25) is 4.79 Å². The van der Waals surface area contributed by atoms with Gasteiger partial charge in [-0.2, -0.15) is 4.68 Å². The van der Waals surface area contributed by atoms with E-state index in [1.165, 1.54) is 11.0 Å².